The van der Waals surface area contributed by atoms with Gasteiger partial charge in [-0.2, -0.15) is 0 Å². The molecule has 20 heavy (non-hydrogen) atoms. The predicted molar refractivity (Wildman–Crippen MR) is 87.1 cm³/mol. The van der Waals surface area contributed by atoms with Crippen LogP contribution in [0.4, 0.5) is 11.4 Å². The Kier molecular flexibility index (Phi) is 4.45. The summed E-state index contributed by atoms with van der Waals surface area (Å²) in [6, 6.07) is 13.0. The molecule has 0 fully saturated rings. The van der Waals surface area contributed by atoms with Crippen LogP contribution in [0.5, 0.6) is 0 Å². The molecule has 0 atom stereocenters. The zero-order chi connectivity index (χ0) is 14.7. The topological polar surface area (TPSA) is 46.3 Å². The van der Waals surface area contributed by atoms with Crippen LogP contribution >= 0.6 is 15.9 Å². The van der Waals surface area contributed by atoms with Gasteiger partial charge in [-0.05, 0) is 55.8 Å². The highest BCUT2D eigenvalue weighted by Crippen LogP contribution is 2.22. The summed E-state index contributed by atoms with van der Waals surface area (Å²) in [5, 5.41) is 0. The Balaban J connectivity index is 2.36. The van der Waals surface area contributed by atoms with E-state index in [4.69, 9.17) is 5.73 Å². The zero-order valence-corrected chi connectivity index (χ0v) is 13.1. The van der Waals surface area contributed by atoms with Crippen molar-refractivity contribution in [3.63, 3.8) is 0 Å². The van der Waals surface area contributed by atoms with E-state index in [0.717, 1.165) is 15.7 Å². The maximum Gasteiger partial charge on any atom is 0.258 e. The minimum atomic E-state index is -0.0197. The normalized spacial score (nSPS) is 10.3. The number of aryl methyl sites for hydroxylation is 1. The Hall–Kier alpha value is -1.81. The number of carbonyl (C=O) groups excluding carboxylic acids is 1. The first-order valence-electron chi connectivity index (χ1n) is 6.46. The molecule has 1 amide bonds. The van der Waals surface area contributed by atoms with Crippen molar-refractivity contribution in [3.8, 4) is 0 Å². The fourth-order valence-electron chi connectivity index (χ4n) is 2.07. The van der Waals surface area contributed by atoms with Crippen LogP contribution in [0.25, 0.3) is 0 Å². The summed E-state index contributed by atoms with van der Waals surface area (Å²) >= 11 is 3.45. The molecule has 0 aliphatic heterocycles. The summed E-state index contributed by atoms with van der Waals surface area (Å²) in [4.78, 5) is 14.3. The zero-order valence-electron chi connectivity index (χ0n) is 11.6. The van der Waals surface area contributed by atoms with E-state index in [0.29, 0.717) is 17.8 Å². The minimum Gasteiger partial charge on any atom is -0.399 e. The first-order chi connectivity index (χ1) is 9.52. The fourth-order valence-corrected chi connectivity index (χ4v) is 2.32. The van der Waals surface area contributed by atoms with Crippen LogP contribution in [0.15, 0.2) is 46.9 Å². The van der Waals surface area contributed by atoms with E-state index in [1.807, 2.05) is 56.3 Å². The number of rotatable bonds is 3. The Morgan fingerprint density at radius 2 is 2.00 bits per heavy atom. The van der Waals surface area contributed by atoms with Gasteiger partial charge in [-0.15, -0.1) is 0 Å². The Morgan fingerprint density at radius 3 is 2.60 bits per heavy atom. The van der Waals surface area contributed by atoms with E-state index in [-0.39, 0.29) is 5.91 Å². The largest absolute Gasteiger partial charge is 0.399 e. The van der Waals surface area contributed by atoms with Crippen LogP contribution in [0, 0.1) is 6.92 Å². The molecule has 0 radical (unpaired) electrons. The molecule has 0 spiro atoms. The summed E-state index contributed by atoms with van der Waals surface area (Å²) in [6.45, 7) is 4.52. The first-order valence-corrected chi connectivity index (χ1v) is 7.25. The highest BCUT2D eigenvalue weighted by molar-refractivity contribution is 9.10. The minimum absolute atomic E-state index is 0.0197. The Morgan fingerprint density at radius 1 is 1.25 bits per heavy atom. The molecular formula is C16H17BrN2O. The van der Waals surface area contributed by atoms with Crippen LogP contribution in [0.3, 0.4) is 0 Å². The average Bonchev–Trinajstić information content (AvgIpc) is 2.42. The SMILES string of the molecule is CCN(C(=O)c1ccc(Br)c(C)c1)c1cccc(N)c1. The lowest BCUT2D eigenvalue weighted by Gasteiger charge is -2.21. The second-order valence-electron chi connectivity index (χ2n) is 4.61. The number of benzene rings is 2. The number of anilines is 2. The van der Waals surface area contributed by atoms with Gasteiger partial charge in [-0.3, -0.25) is 4.79 Å². The highest BCUT2D eigenvalue weighted by Gasteiger charge is 2.16. The molecule has 2 N–H and O–H groups in total. The van der Waals surface area contributed by atoms with Crippen molar-refractivity contribution in [2.45, 2.75) is 13.8 Å². The predicted octanol–water partition coefficient (Wildman–Crippen LogP) is 4.01. The van der Waals surface area contributed by atoms with Gasteiger partial charge in [0, 0.05) is 28.0 Å². The second-order valence-corrected chi connectivity index (χ2v) is 5.46. The summed E-state index contributed by atoms with van der Waals surface area (Å²) in [6.07, 6.45) is 0. The lowest BCUT2D eigenvalue weighted by atomic mass is 10.1. The standard InChI is InChI=1S/C16H17BrN2O/c1-3-19(14-6-4-5-13(18)10-14)16(20)12-7-8-15(17)11(2)9-12/h4-10H,3,18H2,1-2H3. The lowest BCUT2D eigenvalue weighted by Crippen LogP contribution is -2.30. The third-order valence-electron chi connectivity index (χ3n) is 3.15. The number of hydrogen-bond acceptors (Lipinski definition) is 2. The van der Waals surface area contributed by atoms with Gasteiger partial charge in [0.1, 0.15) is 0 Å². The monoisotopic (exact) mass is 332 g/mol. The van der Waals surface area contributed by atoms with Gasteiger partial charge in [0.25, 0.3) is 5.91 Å². The molecule has 4 heteroatoms. The van der Waals surface area contributed by atoms with Crippen molar-refractivity contribution >= 4 is 33.2 Å². The van der Waals surface area contributed by atoms with Crippen molar-refractivity contribution in [1.29, 1.82) is 0 Å². The summed E-state index contributed by atoms with van der Waals surface area (Å²) < 4.78 is 1.00. The van der Waals surface area contributed by atoms with Gasteiger partial charge >= 0.3 is 0 Å². The second kappa shape index (κ2) is 6.09. The van der Waals surface area contributed by atoms with Crippen molar-refractivity contribution in [2.75, 3.05) is 17.2 Å². The maximum absolute atomic E-state index is 12.6. The van der Waals surface area contributed by atoms with Gasteiger partial charge < -0.3 is 10.6 Å². The molecule has 2 aromatic carbocycles. The third kappa shape index (κ3) is 3.02. The van der Waals surface area contributed by atoms with E-state index in [2.05, 4.69) is 15.9 Å². The van der Waals surface area contributed by atoms with Crippen molar-refractivity contribution < 1.29 is 4.79 Å². The van der Waals surface area contributed by atoms with Crippen LogP contribution in [-0.2, 0) is 0 Å². The Labute approximate surface area is 127 Å². The molecule has 0 unspecified atom stereocenters. The molecular weight excluding hydrogens is 316 g/mol. The lowest BCUT2D eigenvalue weighted by molar-refractivity contribution is 0.0988. The number of halogens is 1. The van der Waals surface area contributed by atoms with Crippen LogP contribution in [-0.4, -0.2) is 12.5 Å². The van der Waals surface area contributed by atoms with Gasteiger partial charge in [-0.25, -0.2) is 0 Å². The molecule has 104 valence electrons. The number of nitrogens with zero attached hydrogens (tertiary/aromatic N) is 1. The third-order valence-corrected chi connectivity index (χ3v) is 4.04. The quantitative estimate of drug-likeness (QED) is 0.863. The molecule has 0 aliphatic carbocycles. The molecule has 0 aliphatic rings. The summed E-state index contributed by atoms with van der Waals surface area (Å²) in [7, 11) is 0. The molecule has 0 bridgehead atoms. The summed E-state index contributed by atoms with van der Waals surface area (Å²) in [5.41, 5.74) is 8.98. The molecule has 0 saturated carbocycles. The van der Waals surface area contributed by atoms with E-state index in [1.54, 1.807) is 4.90 Å². The first kappa shape index (κ1) is 14.6. The number of nitrogen functional groups attached to an aromatic ring is 1. The number of nitrogens with two attached hydrogens (primary N) is 1. The van der Waals surface area contributed by atoms with Gasteiger partial charge in [0.15, 0.2) is 0 Å². The van der Waals surface area contributed by atoms with E-state index in [1.165, 1.54) is 0 Å². The number of hydrogen-bond donors (Lipinski definition) is 1. The van der Waals surface area contributed by atoms with Crippen LogP contribution < -0.4 is 10.6 Å². The molecule has 2 aromatic rings. The molecule has 2 rings (SSSR count). The van der Waals surface area contributed by atoms with Gasteiger partial charge in [-0.1, -0.05) is 22.0 Å². The van der Waals surface area contributed by atoms with E-state index >= 15 is 0 Å². The van der Waals surface area contributed by atoms with Crippen molar-refractivity contribution in [2.24, 2.45) is 0 Å². The van der Waals surface area contributed by atoms with Gasteiger partial charge in [0.05, 0.1) is 0 Å². The average molecular weight is 333 g/mol. The van der Waals surface area contributed by atoms with Crippen LogP contribution in [0.1, 0.15) is 22.8 Å². The van der Waals surface area contributed by atoms with E-state index in [9.17, 15) is 4.79 Å². The highest BCUT2D eigenvalue weighted by atomic mass is 79.9. The number of carbonyl (C=O) groups is 1. The van der Waals surface area contributed by atoms with Crippen molar-refractivity contribution in [1.82, 2.24) is 0 Å². The molecule has 0 heterocycles. The van der Waals surface area contributed by atoms with Crippen LogP contribution in [0.2, 0.25) is 0 Å². The van der Waals surface area contributed by atoms with Crippen molar-refractivity contribution in [3.05, 3.63) is 58.1 Å². The maximum atomic E-state index is 12.6. The fraction of sp³-hybridized carbons (Fsp3) is 0.188. The van der Waals surface area contributed by atoms with Gasteiger partial charge in [0.2, 0.25) is 0 Å². The molecule has 0 saturated heterocycles. The smallest absolute Gasteiger partial charge is 0.258 e. The Bertz CT molecular complexity index is 640. The molecule has 3 nitrogen and oxygen atoms in total. The number of amides is 1. The summed E-state index contributed by atoms with van der Waals surface area (Å²) in [5.74, 6) is -0.0197. The molecule has 0 aromatic heterocycles. The van der Waals surface area contributed by atoms with E-state index < -0.39 is 0 Å².